The van der Waals surface area contributed by atoms with Crippen molar-refractivity contribution in [2.75, 3.05) is 19.6 Å². The molecule has 0 aromatic carbocycles. The molecule has 1 aliphatic rings. The SMILES string of the molecule is CC1(C)CCCN(CCCCC(N)=S)CC1. The molecular formula is C13H26N2S. The molecule has 2 N–H and O–H groups in total. The summed E-state index contributed by atoms with van der Waals surface area (Å²) in [6.07, 6.45) is 7.35. The molecule has 1 rings (SSSR count). The summed E-state index contributed by atoms with van der Waals surface area (Å²) in [5.74, 6) is 0. The molecule has 0 spiro atoms. The third-order valence-electron chi connectivity index (χ3n) is 3.58. The quantitative estimate of drug-likeness (QED) is 0.594. The van der Waals surface area contributed by atoms with Crippen LogP contribution in [0.3, 0.4) is 0 Å². The van der Waals surface area contributed by atoms with Gasteiger partial charge in [0.1, 0.15) is 0 Å². The molecule has 0 unspecified atom stereocenters. The summed E-state index contributed by atoms with van der Waals surface area (Å²) in [6, 6.07) is 0. The molecule has 1 aliphatic heterocycles. The third kappa shape index (κ3) is 5.80. The van der Waals surface area contributed by atoms with E-state index in [2.05, 4.69) is 18.7 Å². The number of hydrogen-bond donors (Lipinski definition) is 1. The van der Waals surface area contributed by atoms with Crippen molar-refractivity contribution in [3.63, 3.8) is 0 Å². The van der Waals surface area contributed by atoms with Gasteiger partial charge < -0.3 is 10.6 Å². The van der Waals surface area contributed by atoms with Gasteiger partial charge in [-0.2, -0.15) is 0 Å². The lowest BCUT2D eigenvalue weighted by Crippen LogP contribution is -2.26. The number of rotatable bonds is 5. The Balaban J connectivity index is 2.15. The Labute approximate surface area is 106 Å². The molecule has 0 aliphatic carbocycles. The molecule has 3 heteroatoms. The van der Waals surface area contributed by atoms with Crippen molar-refractivity contribution in [3.05, 3.63) is 0 Å². The number of nitrogens with zero attached hydrogens (tertiary/aromatic N) is 1. The first kappa shape index (κ1) is 13.9. The molecule has 0 aromatic rings. The van der Waals surface area contributed by atoms with E-state index in [0.717, 1.165) is 12.8 Å². The van der Waals surface area contributed by atoms with E-state index in [4.69, 9.17) is 18.0 Å². The van der Waals surface area contributed by atoms with E-state index in [1.54, 1.807) is 0 Å². The van der Waals surface area contributed by atoms with Gasteiger partial charge in [0.15, 0.2) is 0 Å². The summed E-state index contributed by atoms with van der Waals surface area (Å²) in [6.45, 7) is 8.54. The first-order chi connectivity index (χ1) is 7.49. The highest BCUT2D eigenvalue weighted by Gasteiger charge is 2.22. The largest absolute Gasteiger partial charge is 0.393 e. The smallest absolute Gasteiger partial charge is 0.0727 e. The van der Waals surface area contributed by atoms with Crippen LogP contribution in [-0.4, -0.2) is 29.5 Å². The van der Waals surface area contributed by atoms with E-state index in [0.29, 0.717) is 10.4 Å². The second-order valence-corrected chi connectivity index (χ2v) is 6.31. The predicted octanol–water partition coefficient (Wildman–Crippen LogP) is 2.95. The standard InChI is InChI=1S/C13H26N2S/c1-13(2)7-5-10-15(11-8-13)9-4-3-6-12(14)16/h3-11H2,1-2H3,(H2,14,16). The lowest BCUT2D eigenvalue weighted by Gasteiger charge is -2.23. The molecular weight excluding hydrogens is 216 g/mol. The lowest BCUT2D eigenvalue weighted by molar-refractivity contribution is 0.259. The Morgan fingerprint density at radius 3 is 2.69 bits per heavy atom. The van der Waals surface area contributed by atoms with Crippen LogP contribution in [0.2, 0.25) is 0 Å². The summed E-state index contributed by atoms with van der Waals surface area (Å²) >= 11 is 4.88. The number of hydrogen-bond acceptors (Lipinski definition) is 2. The maximum Gasteiger partial charge on any atom is 0.0727 e. The Morgan fingerprint density at radius 2 is 2.00 bits per heavy atom. The Morgan fingerprint density at radius 1 is 1.25 bits per heavy atom. The first-order valence-electron chi connectivity index (χ1n) is 6.50. The van der Waals surface area contributed by atoms with Crippen LogP contribution in [0.15, 0.2) is 0 Å². The second-order valence-electron chi connectivity index (χ2n) is 5.78. The number of thiocarbonyl (C=S) groups is 1. The van der Waals surface area contributed by atoms with Crippen molar-refractivity contribution in [2.24, 2.45) is 11.1 Å². The van der Waals surface area contributed by atoms with Crippen LogP contribution >= 0.6 is 12.2 Å². The minimum atomic E-state index is 0.549. The molecule has 0 bridgehead atoms. The zero-order chi connectivity index (χ0) is 12.0. The minimum Gasteiger partial charge on any atom is -0.393 e. The maximum absolute atomic E-state index is 5.49. The van der Waals surface area contributed by atoms with E-state index in [1.165, 1.54) is 45.3 Å². The summed E-state index contributed by atoms with van der Waals surface area (Å²) in [5.41, 5.74) is 6.04. The van der Waals surface area contributed by atoms with Crippen LogP contribution in [-0.2, 0) is 0 Å². The monoisotopic (exact) mass is 242 g/mol. The fourth-order valence-electron chi connectivity index (χ4n) is 2.34. The third-order valence-corrected chi connectivity index (χ3v) is 3.78. The molecule has 94 valence electrons. The van der Waals surface area contributed by atoms with Gasteiger partial charge in [0.25, 0.3) is 0 Å². The zero-order valence-electron chi connectivity index (χ0n) is 10.8. The summed E-state index contributed by atoms with van der Waals surface area (Å²) in [5, 5.41) is 0. The molecule has 1 fully saturated rings. The summed E-state index contributed by atoms with van der Waals surface area (Å²) < 4.78 is 0. The van der Waals surface area contributed by atoms with Gasteiger partial charge >= 0.3 is 0 Å². The maximum atomic E-state index is 5.49. The van der Waals surface area contributed by atoms with Crippen LogP contribution in [0, 0.1) is 5.41 Å². The van der Waals surface area contributed by atoms with Gasteiger partial charge in [0.2, 0.25) is 0 Å². The highest BCUT2D eigenvalue weighted by Crippen LogP contribution is 2.29. The molecule has 0 atom stereocenters. The Hall–Kier alpha value is -0.150. The van der Waals surface area contributed by atoms with E-state index in [-0.39, 0.29) is 0 Å². The van der Waals surface area contributed by atoms with Gasteiger partial charge in [-0.25, -0.2) is 0 Å². The van der Waals surface area contributed by atoms with Crippen LogP contribution < -0.4 is 5.73 Å². The normalized spacial score (nSPS) is 21.6. The van der Waals surface area contributed by atoms with Crippen molar-refractivity contribution in [3.8, 4) is 0 Å². The molecule has 1 heterocycles. The van der Waals surface area contributed by atoms with Crippen molar-refractivity contribution in [1.29, 1.82) is 0 Å². The number of unbranched alkanes of at least 4 members (excludes halogenated alkanes) is 1. The van der Waals surface area contributed by atoms with Crippen LogP contribution in [0.5, 0.6) is 0 Å². The van der Waals surface area contributed by atoms with Gasteiger partial charge in [0.05, 0.1) is 4.99 Å². The highest BCUT2D eigenvalue weighted by atomic mass is 32.1. The molecule has 1 saturated heterocycles. The molecule has 2 nitrogen and oxygen atoms in total. The van der Waals surface area contributed by atoms with Crippen molar-refractivity contribution >= 4 is 17.2 Å². The average Bonchev–Trinajstić information content (AvgIpc) is 2.34. The highest BCUT2D eigenvalue weighted by molar-refractivity contribution is 7.80. The molecule has 16 heavy (non-hydrogen) atoms. The van der Waals surface area contributed by atoms with Crippen LogP contribution in [0.1, 0.15) is 52.4 Å². The van der Waals surface area contributed by atoms with Crippen molar-refractivity contribution in [1.82, 2.24) is 4.90 Å². The van der Waals surface area contributed by atoms with E-state index >= 15 is 0 Å². The van der Waals surface area contributed by atoms with Gasteiger partial charge in [-0.05, 0) is 63.6 Å². The fraction of sp³-hybridized carbons (Fsp3) is 0.923. The minimum absolute atomic E-state index is 0.549. The van der Waals surface area contributed by atoms with Gasteiger partial charge in [-0.3, -0.25) is 0 Å². The van der Waals surface area contributed by atoms with Gasteiger partial charge in [-0.15, -0.1) is 0 Å². The van der Waals surface area contributed by atoms with Crippen molar-refractivity contribution in [2.45, 2.75) is 52.4 Å². The summed E-state index contributed by atoms with van der Waals surface area (Å²) in [7, 11) is 0. The zero-order valence-corrected chi connectivity index (χ0v) is 11.6. The second kappa shape index (κ2) is 6.55. The van der Waals surface area contributed by atoms with Gasteiger partial charge in [0, 0.05) is 0 Å². The Bertz CT molecular complexity index is 226. The fourth-order valence-corrected chi connectivity index (χ4v) is 2.48. The first-order valence-corrected chi connectivity index (χ1v) is 6.91. The average molecular weight is 242 g/mol. The summed E-state index contributed by atoms with van der Waals surface area (Å²) in [4.78, 5) is 3.27. The molecule has 0 amide bonds. The van der Waals surface area contributed by atoms with Crippen LogP contribution in [0.25, 0.3) is 0 Å². The molecule has 0 radical (unpaired) electrons. The Kier molecular flexibility index (Phi) is 5.70. The van der Waals surface area contributed by atoms with E-state index in [9.17, 15) is 0 Å². The predicted molar refractivity (Wildman–Crippen MR) is 74.7 cm³/mol. The number of likely N-dealkylation sites (tertiary alicyclic amines) is 1. The molecule has 0 saturated carbocycles. The topological polar surface area (TPSA) is 29.3 Å². The van der Waals surface area contributed by atoms with E-state index < -0.39 is 0 Å². The van der Waals surface area contributed by atoms with Crippen molar-refractivity contribution < 1.29 is 0 Å². The number of nitrogens with two attached hydrogens (primary N) is 1. The van der Waals surface area contributed by atoms with E-state index in [1.807, 2.05) is 0 Å². The van der Waals surface area contributed by atoms with Gasteiger partial charge in [-0.1, -0.05) is 26.1 Å². The lowest BCUT2D eigenvalue weighted by atomic mass is 9.85. The van der Waals surface area contributed by atoms with Crippen LogP contribution in [0.4, 0.5) is 0 Å². The molecule has 0 aromatic heterocycles.